The SMILES string of the molecule is C=CCNC(=NCC(C)(C)N1CC(C)OC(C)C1)NCC.I. The zero-order valence-electron chi connectivity index (χ0n) is 14.7. The molecular formula is C16H33IN4O. The second-order valence-electron chi connectivity index (χ2n) is 6.34. The fourth-order valence-electron chi connectivity index (χ4n) is 2.56. The van der Waals surface area contributed by atoms with E-state index in [1.54, 1.807) is 0 Å². The van der Waals surface area contributed by atoms with Gasteiger partial charge in [-0.15, -0.1) is 30.6 Å². The molecule has 0 radical (unpaired) electrons. The molecule has 0 aromatic heterocycles. The minimum absolute atomic E-state index is 0. The molecule has 2 atom stereocenters. The monoisotopic (exact) mass is 424 g/mol. The molecule has 130 valence electrons. The summed E-state index contributed by atoms with van der Waals surface area (Å²) in [5.74, 6) is 0.847. The van der Waals surface area contributed by atoms with Crippen LogP contribution in [0.25, 0.3) is 0 Å². The molecule has 6 heteroatoms. The van der Waals surface area contributed by atoms with Gasteiger partial charge in [0.2, 0.25) is 0 Å². The first-order valence-corrected chi connectivity index (χ1v) is 7.92. The summed E-state index contributed by atoms with van der Waals surface area (Å²) in [7, 11) is 0. The first-order chi connectivity index (χ1) is 9.89. The second kappa shape index (κ2) is 10.4. The molecule has 0 aromatic carbocycles. The number of ether oxygens (including phenoxy) is 1. The van der Waals surface area contributed by atoms with Gasteiger partial charge in [0.1, 0.15) is 0 Å². The molecule has 1 rings (SSSR count). The molecule has 1 aliphatic heterocycles. The average Bonchev–Trinajstić information content (AvgIpc) is 2.41. The van der Waals surface area contributed by atoms with Gasteiger partial charge in [-0.1, -0.05) is 6.08 Å². The highest BCUT2D eigenvalue weighted by atomic mass is 127. The molecule has 0 aromatic rings. The molecule has 2 N–H and O–H groups in total. The van der Waals surface area contributed by atoms with Gasteiger partial charge in [-0.25, -0.2) is 0 Å². The number of nitrogens with zero attached hydrogens (tertiary/aromatic N) is 2. The van der Waals surface area contributed by atoms with Crippen LogP contribution in [0, 0.1) is 0 Å². The summed E-state index contributed by atoms with van der Waals surface area (Å²) in [6, 6.07) is 0. The van der Waals surface area contributed by atoms with Crippen LogP contribution in [-0.4, -0.2) is 61.3 Å². The van der Waals surface area contributed by atoms with Crippen LogP contribution in [0.15, 0.2) is 17.6 Å². The Kier molecular flexibility index (Phi) is 10.3. The van der Waals surface area contributed by atoms with E-state index in [0.29, 0.717) is 0 Å². The summed E-state index contributed by atoms with van der Waals surface area (Å²) in [5, 5.41) is 6.50. The van der Waals surface area contributed by atoms with Gasteiger partial charge in [-0.05, 0) is 34.6 Å². The predicted molar refractivity (Wildman–Crippen MR) is 105 cm³/mol. The van der Waals surface area contributed by atoms with Crippen LogP contribution in [0.5, 0.6) is 0 Å². The van der Waals surface area contributed by atoms with Crippen LogP contribution < -0.4 is 10.6 Å². The molecule has 0 bridgehead atoms. The van der Waals surface area contributed by atoms with Crippen LogP contribution in [0.2, 0.25) is 0 Å². The normalized spacial score (nSPS) is 23.6. The zero-order chi connectivity index (χ0) is 15.9. The zero-order valence-corrected chi connectivity index (χ0v) is 17.0. The van der Waals surface area contributed by atoms with E-state index in [1.165, 1.54) is 0 Å². The molecule has 1 fully saturated rings. The standard InChI is InChI=1S/C16H32N4O.HI/c1-7-9-18-15(17-8-2)19-12-16(5,6)20-10-13(3)21-14(4)11-20;/h7,13-14H,1,8-12H2,2-6H3,(H2,17,18,19);1H. The Balaban J connectivity index is 0.00000441. The molecule has 0 aliphatic carbocycles. The summed E-state index contributed by atoms with van der Waals surface area (Å²) in [6.07, 6.45) is 2.40. The van der Waals surface area contributed by atoms with Crippen LogP contribution in [-0.2, 0) is 4.74 Å². The van der Waals surface area contributed by atoms with Gasteiger partial charge in [-0.2, -0.15) is 0 Å². The Labute approximate surface area is 153 Å². The van der Waals surface area contributed by atoms with Crippen LogP contribution >= 0.6 is 24.0 Å². The summed E-state index contributed by atoms with van der Waals surface area (Å²) < 4.78 is 5.82. The molecular weight excluding hydrogens is 391 g/mol. The molecule has 0 amide bonds. The third-order valence-corrected chi connectivity index (χ3v) is 3.66. The third kappa shape index (κ3) is 7.28. The topological polar surface area (TPSA) is 48.9 Å². The van der Waals surface area contributed by atoms with Crippen molar-refractivity contribution in [3.63, 3.8) is 0 Å². The minimum atomic E-state index is 0. The van der Waals surface area contributed by atoms with Crippen molar-refractivity contribution in [3.05, 3.63) is 12.7 Å². The van der Waals surface area contributed by atoms with Gasteiger partial charge in [0, 0.05) is 31.7 Å². The highest BCUT2D eigenvalue weighted by molar-refractivity contribution is 14.0. The summed E-state index contributed by atoms with van der Waals surface area (Å²) in [6.45, 7) is 18.8. The van der Waals surface area contributed by atoms with Gasteiger partial charge in [0.15, 0.2) is 5.96 Å². The summed E-state index contributed by atoms with van der Waals surface area (Å²) in [4.78, 5) is 7.19. The molecule has 0 saturated carbocycles. The molecule has 2 unspecified atom stereocenters. The second-order valence-corrected chi connectivity index (χ2v) is 6.34. The number of guanidine groups is 1. The number of morpholine rings is 1. The lowest BCUT2D eigenvalue weighted by Crippen LogP contribution is -2.56. The van der Waals surface area contributed by atoms with Crippen molar-refractivity contribution < 1.29 is 4.74 Å². The number of halogens is 1. The van der Waals surface area contributed by atoms with Crippen molar-refractivity contribution >= 4 is 29.9 Å². The highest BCUT2D eigenvalue weighted by Gasteiger charge is 2.33. The quantitative estimate of drug-likeness (QED) is 0.297. The maximum Gasteiger partial charge on any atom is 0.191 e. The average molecular weight is 424 g/mol. The first kappa shape index (κ1) is 21.7. The minimum Gasteiger partial charge on any atom is -0.373 e. The third-order valence-electron chi connectivity index (χ3n) is 3.66. The van der Waals surface area contributed by atoms with Crippen molar-refractivity contribution in [2.24, 2.45) is 4.99 Å². The van der Waals surface area contributed by atoms with E-state index >= 15 is 0 Å². The van der Waals surface area contributed by atoms with Crippen molar-refractivity contribution in [1.29, 1.82) is 0 Å². The largest absolute Gasteiger partial charge is 0.373 e. The van der Waals surface area contributed by atoms with E-state index in [0.717, 1.165) is 38.7 Å². The highest BCUT2D eigenvalue weighted by Crippen LogP contribution is 2.21. The van der Waals surface area contributed by atoms with E-state index < -0.39 is 0 Å². The Bertz CT molecular complexity index is 350. The number of hydrogen-bond acceptors (Lipinski definition) is 3. The Morgan fingerprint density at radius 2 is 1.91 bits per heavy atom. The number of aliphatic imine (C=N–C) groups is 1. The molecule has 1 aliphatic rings. The lowest BCUT2D eigenvalue weighted by molar-refractivity contribution is -0.0939. The molecule has 1 heterocycles. The fourth-order valence-corrected chi connectivity index (χ4v) is 2.56. The van der Waals surface area contributed by atoms with E-state index in [9.17, 15) is 0 Å². The maximum absolute atomic E-state index is 5.82. The lowest BCUT2D eigenvalue weighted by atomic mass is 10.0. The molecule has 1 saturated heterocycles. The number of rotatable bonds is 6. The van der Waals surface area contributed by atoms with Gasteiger partial charge in [-0.3, -0.25) is 9.89 Å². The van der Waals surface area contributed by atoms with E-state index in [-0.39, 0.29) is 41.7 Å². The molecule has 0 spiro atoms. The van der Waals surface area contributed by atoms with Gasteiger partial charge >= 0.3 is 0 Å². The Morgan fingerprint density at radius 1 is 1.32 bits per heavy atom. The first-order valence-electron chi connectivity index (χ1n) is 7.92. The van der Waals surface area contributed by atoms with Crippen LogP contribution in [0.1, 0.15) is 34.6 Å². The smallest absolute Gasteiger partial charge is 0.191 e. The van der Waals surface area contributed by atoms with Gasteiger partial charge in [0.25, 0.3) is 0 Å². The van der Waals surface area contributed by atoms with Crippen molar-refractivity contribution in [2.75, 3.05) is 32.7 Å². The van der Waals surface area contributed by atoms with Crippen LogP contribution in [0.4, 0.5) is 0 Å². The predicted octanol–water partition coefficient (Wildman–Crippen LogP) is 2.23. The summed E-state index contributed by atoms with van der Waals surface area (Å²) >= 11 is 0. The van der Waals surface area contributed by atoms with Crippen LogP contribution in [0.3, 0.4) is 0 Å². The van der Waals surface area contributed by atoms with Crippen molar-refractivity contribution in [3.8, 4) is 0 Å². The number of hydrogen-bond donors (Lipinski definition) is 2. The fraction of sp³-hybridized carbons (Fsp3) is 0.812. The lowest BCUT2D eigenvalue weighted by Gasteiger charge is -2.44. The van der Waals surface area contributed by atoms with E-state index in [1.807, 2.05) is 6.08 Å². The molecule has 5 nitrogen and oxygen atoms in total. The van der Waals surface area contributed by atoms with Crippen molar-refractivity contribution in [2.45, 2.75) is 52.4 Å². The van der Waals surface area contributed by atoms with Crippen molar-refractivity contribution in [1.82, 2.24) is 15.5 Å². The van der Waals surface area contributed by atoms with E-state index in [4.69, 9.17) is 9.73 Å². The summed E-state index contributed by atoms with van der Waals surface area (Å²) in [5.41, 5.74) is 0.0167. The maximum atomic E-state index is 5.82. The van der Waals surface area contributed by atoms with Gasteiger partial charge < -0.3 is 15.4 Å². The van der Waals surface area contributed by atoms with E-state index in [2.05, 4.69) is 56.7 Å². The molecule has 22 heavy (non-hydrogen) atoms. The number of nitrogens with one attached hydrogen (secondary N) is 2. The Hall–Kier alpha value is -0.340. The van der Waals surface area contributed by atoms with Gasteiger partial charge in [0.05, 0.1) is 18.8 Å². The Morgan fingerprint density at radius 3 is 2.41 bits per heavy atom.